The number of carboxylic acid groups (broad SMARTS) is 1. The van der Waals surface area contributed by atoms with Gasteiger partial charge < -0.3 is 10.0 Å². The largest absolute Gasteiger partial charge is 0.478 e. The van der Waals surface area contributed by atoms with Crippen LogP contribution in [0.2, 0.25) is 0 Å². The molecule has 1 heterocycles. The van der Waals surface area contributed by atoms with Crippen molar-refractivity contribution in [1.29, 1.82) is 0 Å². The summed E-state index contributed by atoms with van der Waals surface area (Å²) in [5, 5.41) is 9.16. The van der Waals surface area contributed by atoms with E-state index >= 15 is 0 Å². The van der Waals surface area contributed by atoms with E-state index in [1.165, 1.54) is 12.8 Å². The molecule has 3 nitrogen and oxygen atoms in total. The number of para-hydroxylation sites is 1. The van der Waals surface area contributed by atoms with Crippen molar-refractivity contribution in [2.75, 3.05) is 18.0 Å². The van der Waals surface area contributed by atoms with Crippen molar-refractivity contribution in [3.05, 3.63) is 28.2 Å². The molecule has 1 spiro atoms. The van der Waals surface area contributed by atoms with Crippen LogP contribution in [-0.2, 0) is 0 Å². The van der Waals surface area contributed by atoms with E-state index < -0.39 is 5.97 Å². The summed E-state index contributed by atoms with van der Waals surface area (Å²) in [6.45, 7) is 2.02. The Hall–Kier alpha value is -1.03. The van der Waals surface area contributed by atoms with Gasteiger partial charge in [0.2, 0.25) is 0 Å². The minimum absolute atomic E-state index is 0.393. The first-order chi connectivity index (χ1) is 7.61. The van der Waals surface area contributed by atoms with E-state index in [2.05, 4.69) is 20.8 Å². The zero-order chi connectivity index (χ0) is 11.3. The lowest BCUT2D eigenvalue weighted by atomic mass is 9.95. The molecule has 1 aliphatic heterocycles. The predicted octanol–water partition coefficient (Wildman–Crippen LogP) is 2.75. The molecule has 1 aromatic carbocycles. The molecule has 2 fully saturated rings. The van der Waals surface area contributed by atoms with Crippen molar-refractivity contribution in [2.45, 2.75) is 12.8 Å². The van der Waals surface area contributed by atoms with Gasteiger partial charge in [0.15, 0.2) is 0 Å². The average molecular weight is 282 g/mol. The van der Waals surface area contributed by atoms with Crippen LogP contribution in [0, 0.1) is 5.41 Å². The minimum atomic E-state index is -0.854. The fraction of sp³-hybridized carbons (Fsp3) is 0.417. The van der Waals surface area contributed by atoms with Crippen LogP contribution in [0.3, 0.4) is 0 Å². The molecule has 84 valence electrons. The predicted molar refractivity (Wildman–Crippen MR) is 65.0 cm³/mol. The molecule has 3 rings (SSSR count). The summed E-state index contributed by atoms with van der Waals surface area (Å²) < 4.78 is 0.878. The molecule has 1 aliphatic carbocycles. The van der Waals surface area contributed by atoms with Gasteiger partial charge in [-0.1, -0.05) is 6.07 Å². The summed E-state index contributed by atoms with van der Waals surface area (Å²) >= 11 is 3.44. The van der Waals surface area contributed by atoms with Crippen molar-refractivity contribution in [2.24, 2.45) is 5.41 Å². The fourth-order valence-corrected chi connectivity index (χ4v) is 3.04. The fourth-order valence-electron chi connectivity index (χ4n) is 2.42. The number of hydrogen-bond donors (Lipinski definition) is 1. The Bertz CT molecular complexity index is 460. The van der Waals surface area contributed by atoms with Gasteiger partial charge in [0.1, 0.15) is 0 Å². The summed E-state index contributed by atoms with van der Waals surface area (Å²) in [5.74, 6) is -0.854. The van der Waals surface area contributed by atoms with E-state index in [0.717, 1.165) is 23.2 Å². The molecule has 0 bridgehead atoms. The highest BCUT2D eigenvalue weighted by Gasteiger charge is 2.53. The Balaban J connectivity index is 1.95. The number of carbonyl (C=O) groups is 1. The van der Waals surface area contributed by atoms with Gasteiger partial charge in [0, 0.05) is 23.0 Å². The number of hydrogen-bond acceptors (Lipinski definition) is 2. The molecular formula is C12H12BrNO2. The van der Waals surface area contributed by atoms with Crippen LogP contribution >= 0.6 is 15.9 Å². The third kappa shape index (κ3) is 1.44. The normalized spacial score (nSPS) is 20.7. The van der Waals surface area contributed by atoms with Crippen LogP contribution in [0.1, 0.15) is 23.2 Å². The molecule has 1 saturated carbocycles. The number of nitrogens with zero attached hydrogens (tertiary/aromatic N) is 1. The summed E-state index contributed by atoms with van der Waals surface area (Å²) in [4.78, 5) is 13.3. The van der Waals surface area contributed by atoms with E-state index in [1.54, 1.807) is 12.1 Å². The molecular weight excluding hydrogens is 270 g/mol. The minimum Gasteiger partial charge on any atom is -0.478 e. The highest BCUT2D eigenvalue weighted by Crippen LogP contribution is 2.55. The van der Waals surface area contributed by atoms with Crippen molar-refractivity contribution in [3.63, 3.8) is 0 Å². The first-order valence-electron chi connectivity index (χ1n) is 5.38. The third-order valence-electron chi connectivity index (χ3n) is 3.54. The Kier molecular flexibility index (Phi) is 2.05. The van der Waals surface area contributed by atoms with E-state index in [1.807, 2.05) is 6.07 Å². The molecule has 1 N–H and O–H groups in total. The molecule has 0 radical (unpaired) electrons. The number of rotatable bonds is 2. The van der Waals surface area contributed by atoms with Gasteiger partial charge in [0.05, 0.1) is 11.3 Å². The molecule has 2 aliphatic rings. The molecule has 1 saturated heterocycles. The second kappa shape index (κ2) is 3.23. The molecule has 4 heteroatoms. The zero-order valence-electron chi connectivity index (χ0n) is 8.74. The number of halogens is 1. The maximum absolute atomic E-state index is 11.1. The summed E-state index contributed by atoms with van der Waals surface area (Å²) in [7, 11) is 0. The van der Waals surface area contributed by atoms with E-state index in [9.17, 15) is 4.79 Å². The van der Waals surface area contributed by atoms with Crippen LogP contribution in [0.5, 0.6) is 0 Å². The molecule has 0 unspecified atom stereocenters. The third-order valence-corrected chi connectivity index (χ3v) is 4.18. The number of benzene rings is 1. The number of aromatic carboxylic acids is 1. The maximum atomic E-state index is 11.1. The van der Waals surface area contributed by atoms with Crippen LogP contribution in [0.4, 0.5) is 5.69 Å². The zero-order valence-corrected chi connectivity index (χ0v) is 10.3. The topological polar surface area (TPSA) is 40.5 Å². The van der Waals surface area contributed by atoms with E-state index in [0.29, 0.717) is 11.0 Å². The van der Waals surface area contributed by atoms with Gasteiger partial charge in [0.25, 0.3) is 0 Å². The van der Waals surface area contributed by atoms with Crippen LogP contribution in [0.25, 0.3) is 0 Å². The Labute approximate surface area is 102 Å². The number of carboxylic acids is 1. The smallest absolute Gasteiger partial charge is 0.337 e. The van der Waals surface area contributed by atoms with Crippen LogP contribution in [-0.4, -0.2) is 24.2 Å². The van der Waals surface area contributed by atoms with Gasteiger partial charge >= 0.3 is 5.97 Å². The quantitative estimate of drug-likeness (QED) is 0.906. The highest BCUT2D eigenvalue weighted by molar-refractivity contribution is 9.10. The second-order valence-corrected chi connectivity index (χ2v) is 5.65. The average Bonchev–Trinajstić information content (AvgIpc) is 2.95. The maximum Gasteiger partial charge on any atom is 0.337 e. The van der Waals surface area contributed by atoms with Gasteiger partial charge in [-0.3, -0.25) is 0 Å². The van der Waals surface area contributed by atoms with Crippen molar-refractivity contribution in [1.82, 2.24) is 0 Å². The summed E-state index contributed by atoms with van der Waals surface area (Å²) in [6, 6.07) is 5.34. The van der Waals surface area contributed by atoms with Crippen LogP contribution in [0.15, 0.2) is 22.7 Å². The molecule has 0 aromatic heterocycles. The van der Waals surface area contributed by atoms with E-state index in [-0.39, 0.29) is 0 Å². The number of anilines is 1. The molecule has 1 aromatic rings. The van der Waals surface area contributed by atoms with E-state index in [4.69, 9.17) is 5.11 Å². The lowest BCUT2D eigenvalue weighted by Crippen LogP contribution is -2.49. The lowest BCUT2D eigenvalue weighted by Gasteiger charge is -2.42. The SMILES string of the molecule is O=C(O)c1cccc(Br)c1N1CC2(CC2)C1. The summed E-state index contributed by atoms with van der Waals surface area (Å²) in [5.41, 5.74) is 1.77. The Morgan fingerprint density at radius 3 is 2.62 bits per heavy atom. The van der Waals surface area contributed by atoms with Gasteiger partial charge in [-0.25, -0.2) is 4.79 Å². The lowest BCUT2D eigenvalue weighted by molar-refractivity contribution is 0.0697. The Morgan fingerprint density at radius 2 is 2.06 bits per heavy atom. The van der Waals surface area contributed by atoms with Crippen molar-refractivity contribution < 1.29 is 9.90 Å². The first kappa shape index (κ1) is 10.1. The van der Waals surface area contributed by atoms with Gasteiger partial charge in [-0.05, 0) is 40.9 Å². The van der Waals surface area contributed by atoms with Crippen molar-refractivity contribution in [3.8, 4) is 0 Å². The second-order valence-electron chi connectivity index (χ2n) is 4.80. The van der Waals surface area contributed by atoms with Gasteiger partial charge in [-0.15, -0.1) is 0 Å². The Morgan fingerprint density at radius 1 is 1.38 bits per heavy atom. The molecule has 0 atom stereocenters. The molecule has 16 heavy (non-hydrogen) atoms. The first-order valence-corrected chi connectivity index (χ1v) is 6.17. The monoisotopic (exact) mass is 281 g/mol. The summed E-state index contributed by atoms with van der Waals surface area (Å²) in [6.07, 6.45) is 2.60. The highest BCUT2D eigenvalue weighted by atomic mass is 79.9. The van der Waals surface area contributed by atoms with Crippen LogP contribution < -0.4 is 4.90 Å². The van der Waals surface area contributed by atoms with Crippen molar-refractivity contribution >= 4 is 27.6 Å². The molecule has 0 amide bonds. The van der Waals surface area contributed by atoms with Gasteiger partial charge in [-0.2, -0.15) is 0 Å². The standard InChI is InChI=1S/C12H12BrNO2/c13-9-3-1-2-8(11(15)16)10(9)14-6-12(7-14)4-5-12/h1-3H,4-7H2,(H,15,16).